The number of carbonyl (C=O) groups excluding carboxylic acids is 1. The lowest BCUT2D eigenvalue weighted by atomic mass is 10.4. The fraction of sp³-hybridized carbons (Fsp3) is 0.0909. The van der Waals surface area contributed by atoms with Crippen molar-refractivity contribution in [3.05, 3.63) is 45.8 Å². The van der Waals surface area contributed by atoms with Gasteiger partial charge in [0.05, 0.1) is 11.9 Å². The number of carbonyl (C=O) groups is 1. The van der Waals surface area contributed by atoms with Gasteiger partial charge in [0.2, 0.25) is 5.91 Å². The molecule has 0 atom stereocenters. The smallest absolute Gasteiger partial charge is 0.293 e. The van der Waals surface area contributed by atoms with E-state index in [1.54, 1.807) is 12.1 Å². The molecule has 0 bridgehead atoms. The number of hydrogen-bond acceptors (Lipinski definition) is 5. The molecule has 7 nitrogen and oxygen atoms in total. The Balaban J connectivity index is 1.83. The van der Waals surface area contributed by atoms with E-state index in [-0.39, 0.29) is 18.0 Å². The third-order valence-electron chi connectivity index (χ3n) is 2.52. The molecule has 0 aliphatic rings. The van der Waals surface area contributed by atoms with Crippen LogP contribution in [0.2, 0.25) is 0 Å². The number of hydrogen-bond donors (Lipinski definition) is 1. The molecule has 8 heteroatoms. The lowest BCUT2D eigenvalue weighted by Gasteiger charge is -2.05. The SMILES string of the molecule is O=C(Cn1ncn2nccc2c1=O)Nc1ccsc1. The molecule has 3 heterocycles. The first-order chi connectivity index (χ1) is 9.24. The summed E-state index contributed by atoms with van der Waals surface area (Å²) in [6.45, 7) is -0.129. The van der Waals surface area contributed by atoms with Gasteiger partial charge in [0.1, 0.15) is 18.4 Å². The molecule has 0 aliphatic heterocycles. The molecule has 0 fully saturated rings. The number of nitrogens with one attached hydrogen (secondary N) is 1. The number of thiophene rings is 1. The van der Waals surface area contributed by atoms with Crippen molar-refractivity contribution in [3.8, 4) is 0 Å². The van der Waals surface area contributed by atoms with E-state index >= 15 is 0 Å². The quantitative estimate of drug-likeness (QED) is 0.758. The van der Waals surface area contributed by atoms with E-state index in [1.165, 1.54) is 28.4 Å². The van der Waals surface area contributed by atoms with E-state index in [9.17, 15) is 9.59 Å². The largest absolute Gasteiger partial charge is 0.324 e. The van der Waals surface area contributed by atoms with Crippen LogP contribution in [0.1, 0.15) is 0 Å². The maximum atomic E-state index is 12.0. The maximum absolute atomic E-state index is 12.0. The van der Waals surface area contributed by atoms with Crippen LogP contribution in [0.25, 0.3) is 5.52 Å². The summed E-state index contributed by atoms with van der Waals surface area (Å²) in [5.41, 5.74) is 0.757. The Kier molecular flexibility index (Phi) is 2.84. The second-order valence-electron chi connectivity index (χ2n) is 3.81. The van der Waals surface area contributed by atoms with Gasteiger partial charge in [-0.1, -0.05) is 0 Å². The molecule has 3 rings (SSSR count). The summed E-state index contributed by atoms with van der Waals surface area (Å²) in [7, 11) is 0. The van der Waals surface area contributed by atoms with Gasteiger partial charge >= 0.3 is 0 Å². The summed E-state index contributed by atoms with van der Waals surface area (Å²) in [5, 5.41) is 14.2. The Morgan fingerprint density at radius 2 is 2.26 bits per heavy atom. The van der Waals surface area contributed by atoms with Crippen LogP contribution in [0.4, 0.5) is 5.69 Å². The first-order valence-corrected chi connectivity index (χ1v) is 6.40. The molecule has 0 unspecified atom stereocenters. The van der Waals surface area contributed by atoms with E-state index in [2.05, 4.69) is 15.5 Å². The summed E-state index contributed by atoms with van der Waals surface area (Å²) in [6, 6.07) is 3.37. The molecule has 0 saturated heterocycles. The lowest BCUT2D eigenvalue weighted by Crippen LogP contribution is -2.30. The molecule has 0 spiro atoms. The van der Waals surface area contributed by atoms with E-state index in [0.717, 1.165) is 4.68 Å². The zero-order chi connectivity index (χ0) is 13.2. The van der Waals surface area contributed by atoms with Crippen molar-refractivity contribution < 1.29 is 4.79 Å². The highest BCUT2D eigenvalue weighted by molar-refractivity contribution is 7.08. The van der Waals surface area contributed by atoms with Gasteiger partial charge < -0.3 is 5.32 Å². The summed E-state index contributed by atoms with van der Waals surface area (Å²) >= 11 is 1.48. The van der Waals surface area contributed by atoms with E-state index in [0.29, 0.717) is 11.2 Å². The second kappa shape index (κ2) is 4.65. The molecule has 1 N–H and O–H groups in total. The van der Waals surface area contributed by atoms with Crippen molar-refractivity contribution in [2.75, 3.05) is 5.32 Å². The minimum atomic E-state index is -0.347. The van der Waals surface area contributed by atoms with Gasteiger partial charge in [-0.25, -0.2) is 9.20 Å². The van der Waals surface area contributed by atoms with Gasteiger partial charge in [-0.3, -0.25) is 9.59 Å². The number of nitrogens with zero attached hydrogens (tertiary/aromatic N) is 4. The molecule has 0 saturated carbocycles. The molecule has 96 valence electrons. The Hall–Kier alpha value is -2.48. The topological polar surface area (TPSA) is 81.3 Å². The van der Waals surface area contributed by atoms with Crippen LogP contribution < -0.4 is 10.9 Å². The summed E-state index contributed by atoms with van der Waals surface area (Å²) in [4.78, 5) is 23.8. The predicted octanol–water partition coefficient (Wildman–Crippen LogP) is 0.591. The number of amides is 1. The van der Waals surface area contributed by atoms with Crippen LogP contribution in [-0.2, 0) is 11.3 Å². The van der Waals surface area contributed by atoms with Gasteiger partial charge in [0.15, 0.2) is 0 Å². The van der Waals surface area contributed by atoms with Crippen molar-refractivity contribution in [2.24, 2.45) is 0 Å². The fourth-order valence-electron chi connectivity index (χ4n) is 1.66. The van der Waals surface area contributed by atoms with Crippen LogP contribution in [0, 0.1) is 0 Å². The standard InChI is InChI=1S/C11H9N5O2S/c17-10(14-8-2-4-19-6-8)5-15-11(18)9-1-3-12-16(9)7-13-15/h1-4,6-7H,5H2,(H,14,17). The minimum absolute atomic E-state index is 0.129. The van der Waals surface area contributed by atoms with E-state index in [4.69, 9.17) is 0 Å². The molecule has 0 radical (unpaired) electrons. The molecule has 3 aromatic rings. The first kappa shape index (κ1) is 11.6. The van der Waals surface area contributed by atoms with Crippen LogP contribution in [-0.4, -0.2) is 25.3 Å². The average molecular weight is 275 g/mol. The van der Waals surface area contributed by atoms with Crippen molar-refractivity contribution in [3.63, 3.8) is 0 Å². The third kappa shape index (κ3) is 2.25. The van der Waals surface area contributed by atoms with E-state index < -0.39 is 0 Å². The normalized spacial score (nSPS) is 10.7. The van der Waals surface area contributed by atoms with Crippen molar-refractivity contribution in [1.82, 2.24) is 19.4 Å². The van der Waals surface area contributed by atoms with Gasteiger partial charge in [-0.2, -0.15) is 21.5 Å². The van der Waals surface area contributed by atoms with Crippen molar-refractivity contribution in [2.45, 2.75) is 6.54 Å². The molecule has 0 aliphatic carbocycles. The third-order valence-corrected chi connectivity index (χ3v) is 3.21. The van der Waals surface area contributed by atoms with Crippen LogP contribution in [0.3, 0.4) is 0 Å². The molecule has 1 amide bonds. The lowest BCUT2D eigenvalue weighted by molar-refractivity contribution is -0.117. The highest BCUT2D eigenvalue weighted by atomic mass is 32.1. The summed E-state index contributed by atoms with van der Waals surface area (Å²) < 4.78 is 2.48. The van der Waals surface area contributed by atoms with Crippen LogP contribution in [0.15, 0.2) is 40.2 Å². The Morgan fingerprint density at radius 1 is 1.37 bits per heavy atom. The summed E-state index contributed by atoms with van der Waals surface area (Å²) in [5.74, 6) is -0.295. The molecule has 0 aromatic carbocycles. The van der Waals surface area contributed by atoms with Gasteiger partial charge in [0.25, 0.3) is 5.56 Å². The highest BCUT2D eigenvalue weighted by Crippen LogP contribution is 2.11. The van der Waals surface area contributed by atoms with Crippen molar-refractivity contribution >= 4 is 28.4 Å². The molecule has 19 heavy (non-hydrogen) atoms. The number of fused-ring (bicyclic) bond motifs is 1. The van der Waals surface area contributed by atoms with Crippen LogP contribution in [0.5, 0.6) is 0 Å². The van der Waals surface area contributed by atoms with E-state index in [1.807, 2.05) is 10.8 Å². The zero-order valence-corrected chi connectivity index (χ0v) is 10.5. The highest BCUT2D eigenvalue weighted by Gasteiger charge is 2.09. The number of rotatable bonds is 3. The van der Waals surface area contributed by atoms with Crippen LogP contribution >= 0.6 is 11.3 Å². The number of anilines is 1. The van der Waals surface area contributed by atoms with Gasteiger partial charge in [-0.15, -0.1) is 0 Å². The molecular weight excluding hydrogens is 266 g/mol. The summed E-state index contributed by atoms with van der Waals surface area (Å²) in [6.07, 6.45) is 2.91. The number of aromatic nitrogens is 4. The zero-order valence-electron chi connectivity index (χ0n) is 9.68. The average Bonchev–Trinajstić information content (AvgIpc) is 3.03. The Morgan fingerprint density at radius 3 is 3.05 bits per heavy atom. The second-order valence-corrected chi connectivity index (χ2v) is 4.59. The maximum Gasteiger partial charge on any atom is 0.293 e. The fourth-order valence-corrected chi connectivity index (χ4v) is 2.24. The monoisotopic (exact) mass is 275 g/mol. The Bertz CT molecular complexity index is 774. The predicted molar refractivity (Wildman–Crippen MR) is 70.2 cm³/mol. The minimum Gasteiger partial charge on any atom is -0.324 e. The Labute approximate surface area is 111 Å². The first-order valence-electron chi connectivity index (χ1n) is 5.45. The van der Waals surface area contributed by atoms with Gasteiger partial charge in [0, 0.05) is 5.38 Å². The van der Waals surface area contributed by atoms with Gasteiger partial charge in [-0.05, 0) is 17.5 Å². The molecular formula is C11H9N5O2S. The van der Waals surface area contributed by atoms with Crippen molar-refractivity contribution in [1.29, 1.82) is 0 Å². The molecule has 3 aromatic heterocycles.